The fourth-order valence-corrected chi connectivity index (χ4v) is 8.68. The Balaban J connectivity index is 0.000000176. The summed E-state index contributed by atoms with van der Waals surface area (Å²) in [4.78, 5) is 111. The van der Waals surface area contributed by atoms with Crippen molar-refractivity contribution in [3.8, 4) is 51.6 Å². The topological polar surface area (TPSA) is 384 Å². The number of ketones is 1. The van der Waals surface area contributed by atoms with Crippen molar-refractivity contribution in [2.24, 2.45) is 11.5 Å². The Bertz CT molecular complexity index is 3820. The summed E-state index contributed by atoms with van der Waals surface area (Å²) in [7, 11) is 0. The normalized spacial score (nSPS) is 13.4. The van der Waals surface area contributed by atoms with E-state index in [2.05, 4.69) is 44.2 Å². The number of nitrogens with two attached hydrogens (primary N) is 2. The number of carbonyl (C=O) groups is 6. The van der Waals surface area contributed by atoms with Gasteiger partial charge >= 0.3 is 17.9 Å². The molecule has 10 rings (SSSR count). The van der Waals surface area contributed by atoms with Crippen molar-refractivity contribution in [1.82, 2.24) is 20.3 Å². The molecule has 0 saturated carbocycles. The summed E-state index contributed by atoms with van der Waals surface area (Å²) in [5.74, 6) is 1.51. The molecular formula is C55H50N6O18S3. The van der Waals surface area contributed by atoms with E-state index in [0.717, 1.165) is 11.8 Å². The lowest BCUT2D eigenvalue weighted by molar-refractivity contribution is -0.141. The van der Waals surface area contributed by atoms with Crippen LogP contribution in [0.3, 0.4) is 0 Å². The summed E-state index contributed by atoms with van der Waals surface area (Å²) in [5.41, 5.74) is 15.0. The molecule has 3 aromatic rings. The minimum Gasteiger partial charge on any atom is -0.508 e. The lowest BCUT2D eigenvalue weighted by Crippen LogP contribution is -2.40. The molecule has 24 nitrogen and oxygen atoms in total. The SMILES string of the molecule is C=CC(=O)Oc1ccc2nc3ccc(=O)cc-3oc2c1.NC(CS)OC=O.NC(CSCCC(=O)COc1ccc2nc3ccc(=O)cc-3oc2c1)C(=O)O.O=C1CCSCC(C(=O)O)N1.O=c1ccc2nc3ccc(O)cc3oc-2c1. The molecule has 8 N–H and O–H groups in total. The standard InChI is InChI=1S/C19H18N2O6S.C15H9NO4.C12H7NO3.C6H9NO3S.C3H7NO2S/c20-14(19(24)25)10-28-6-5-12(23)9-26-13-2-4-16-18(8-13)27-17-7-11(22)1-3-15(17)21-16;1-2-15(18)19-10-4-6-12-14(8-10)20-13-7-9(17)3-5-11(13)16-12;14-7-1-3-9-11(5-7)16-12-6-8(15)2-4-10(12)13-9;8-5-1-2-11-3-4(7-5)6(9)10;4-3(1-7)6-2-5/h1-4,7-8,14H,5-6,9-10,20H2,(H,24,25);2-8H,1H2;1-6,14H;4H,1-3H2,(H,7,8)(H,9,10);2-3,7H,1,4H2. The van der Waals surface area contributed by atoms with Crippen LogP contribution in [-0.4, -0.2) is 120 Å². The number of thioether (sulfide) groups is 2. The Morgan fingerprint density at radius 1 is 0.756 bits per heavy atom. The lowest BCUT2D eigenvalue weighted by Gasteiger charge is -2.09. The van der Waals surface area contributed by atoms with Crippen molar-refractivity contribution in [1.29, 1.82) is 0 Å². The molecule has 3 aliphatic carbocycles. The molecule has 1 fully saturated rings. The first kappa shape index (κ1) is 62.1. The van der Waals surface area contributed by atoms with Gasteiger partial charge in [-0.15, -0.1) is 0 Å². The molecule has 0 bridgehead atoms. The van der Waals surface area contributed by atoms with Crippen molar-refractivity contribution < 1.29 is 71.5 Å². The summed E-state index contributed by atoms with van der Waals surface area (Å²) < 4.78 is 31.5. The van der Waals surface area contributed by atoms with Gasteiger partial charge in [-0.2, -0.15) is 36.2 Å². The van der Waals surface area contributed by atoms with E-state index in [9.17, 15) is 48.3 Å². The first-order valence-electron chi connectivity index (χ1n) is 24.1. The molecule has 1 saturated heterocycles. The number of esters is 1. The monoisotopic (exact) mass is 1180 g/mol. The number of rotatable bonds is 15. The second kappa shape index (κ2) is 30.4. The Morgan fingerprint density at radius 3 is 1.76 bits per heavy atom. The number of aliphatic carboxylic acids is 2. The van der Waals surface area contributed by atoms with E-state index in [-0.39, 0.29) is 52.5 Å². The highest BCUT2D eigenvalue weighted by Gasteiger charge is 2.22. The van der Waals surface area contributed by atoms with E-state index in [1.165, 1.54) is 66.0 Å². The number of carboxylic acids is 2. The number of aromatic nitrogens is 3. The number of carboxylic acid groups (broad SMARTS) is 2. The van der Waals surface area contributed by atoms with E-state index < -0.39 is 36.2 Å². The quantitative estimate of drug-likeness (QED) is 0.0101. The number of phenolic OH excluding ortho intramolecular Hbond substituents is 1. The van der Waals surface area contributed by atoms with Crippen LogP contribution in [0.25, 0.3) is 67.7 Å². The number of nitrogens with zero attached hydrogens (tertiary/aromatic N) is 3. The van der Waals surface area contributed by atoms with Gasteiger partial charge in [-0.1, -0.05) is 6.58 Å². The van der Waals surface area contributed by atoms with Gasteiger partial charge in [-0.3, -0.25) is 39.3 Å². The zero-order valence-electron chi connectivity index (χ0n) is 42.9. The maximum absolute atomic E-state index is 11.9. The molecule has 82 heavy (non-hydrogen) atoms. The first-order valence-corrected chi connectivity index (χ1v) is 27.1. The Hall–Kier alpha value is -9.15. The van der Waals surface area contributed by atoms with Gasteiger partial charge in [0.1, 0.15) is 69.6 Å². The average Bonchev–Trinajstić information content (AvgIpc) is 3.74. The van der Waals surface area contributed by atoms with Gasteiger partial charge in [-0.25, -0.2) is 24.5 Å². The van der Waals surface area contributed by atoms with Crippen molar-refractivity contribution in [3.05, 3.63) is 153 Å². The number of ether oxygens (including phenoxy) is 3. The van der Waals surface area contributed by atoms with Gasteiger partial charge in [0.15, 0.2) is 62.3 Å². The van der Waals surface area contributed by atoms with Gasteiger partial charge in [0.05, 0.1) is 0 Å². The van der Waals surface area contributed by atoms with E-state index >= 15 is 0 Å². The molecule has 1 amide bonds. The van der Waals surface area contributed by atoms with Crippen LogP contribution in [0.2, 0.25) is 0 Å². The van der Waals surface area contributed by atoms with Crippen LogP contribution in [0.5, 0.6) is 17.2 Å². The highest BCUT2D eigenvalue weighted by atomic mass is 32.2. The molecule has 27 heteroatoms. The molecule has 0 spiro atoms. The smallest absolute Gasteiger partial charge is 0.335 e. The van der Waals surface area contributed by atoms with Crippen LogP contribution in [0.1, 0.15) is 12.8 Å². The maximum atomic E-state index is 11.9. The van der Waals surface area contributed by atoms with Crippen molar-refractivity contribution >= 4 is 106 Å². The van der Waals surface area contributed by atoms with Crippen LogP contribution in [-0.2, 0) is 33.5 Å². The summed E-state index contributed by atoms with van der Waals surface area (Å²) in [6, 6.07) is 26.1. The number of aromatic hydroxyl groups is 1. The highest BCUT2D eigenvalue weighted by Crippen LogP contribution is 2.29. The number of amides is 1. The minimum atomic E-state index is -1.06. The van der Waals surface area contributed by atoms with E-state index in [0.29, 0.717) is 109 Å². The molecule has 3 atom stereocenters. The number of phenols is 1. The fourth-order valence-electron chi connectivity index (χ4n) is 6.70. The van der Waals surface area contributed by atoms with Crippen molar-refractivity contribution in [3.63, 3.8) is 0 Å². The van der Waals surface area contributed by atoms with E-state index in [1.54, 1.807) is 66.7 Å². The zero-order chi connectivity index (χ0) is 59.3. The number of hydrogen-bond acceptors (Lipinski definition) is 24. The van der Waals surface area contributed by atoms with Crippen LogP contribution in [0, 0.1) is 0 Å². The summed E-state index contributed by atoms with van der Waals surface area (Å²) in [5, 5.41) is 29.0. The third-order valence-electron chi connectivity index (χ3n) is 10.7. The molecular weight excluding hydrogens is 1130 g/mol. The number of nitrogens with one attached hydrogen (secondary N) is 1. The van der Waals surface area contributed by atoms with Gasteiger partial charge in [-0.05, 0) is 72.8 Å². The molecule has 426 valence electrons. The Morgan fingerprint density at radius 2 is 1.27 bits per heavy atom. The van der Waals surface area contributed by atoms with Crippen LogP contribution in [0.4, 0.5) is 0 Å². The number of Topliss-reactive ketones (excluding diaryl/α,β-unsaturated/α-hetero) is 1. The second-order valence-corrected chi connectivity index (χ2v) is 19.6. The molecule has 0 radical (unpaired) electrons. The molecule has 4 aliphatic heterocycles. The number of thiol groups is 1. The summed E-state index contributed by atoms with van der Waals surface area (Å²) in [6.45, 7) is 3.52. The van der Waals surface area contributed by atoms with Gasteiger partial charge < -0.3 is 53.8 Å². The third-order valence-corrected chi connectivity index (χ3v) is 13.2. The highest BCUT2D eigenvalue weighted by molar-refractivity contribution is 7.99. The fraction of sp³-hybridized carbons (Fsp3) is 0.200. The minimum absolute atomic E-state index is 0.107. The van der Waals surface area contributed by atoms with E-state index in [1.807, 2.05) is 0 Å². The lowest BCUT2D eigenvalue weighted by atomic mass is 10.2. The second-order valence-electron chi connectivity index (χ2n) is 16.9. The predicted octanol–water partition coefficient (Wildman–Crippen LogP) is 5.23. The average molecular weight is 1180 g/mol. The van der Waals surface area contributed by atoms with Crippen LogP contribution in [0.15, 0.2) is 149 Å². The van der Waals surface area contributed by atoms with Gasteiger partial charge in [0.25, 0.3) is 6.47 Å². The number of hydrogen-bond donors (Lipinski definition) is 7. The number of carbonyl (C=O) groups excluding carboxylic acids is 4. The molecule has 7 aliphatic rings. The van der Waals surface area contributed by atoms with Crippen LogP contribution >= 0.6 is 36.2 Å². The summed E-state index contributed by atoms with van der Waals surface area (Å²) >= 11 is 6.55. The molecule has 3 aromatic carbocycles. The third kappa shape index (κ3) is 19.0. The Kier molecular flexibility index (Phi) is 23.0. The molecule has 4 heterocycles. The van der Waals surface area contributed by atoms with E-state index in [4.69, 9.17) is 44.4 Å². The van der Waals surface area contributed by atoms with Crippen LogP contribution < -0.4 is 42.5 Å². The van der Waals surface area contributed by atoms with Crippen molar-refractivity contribution in [2.45, 2.75) is 31.2 Å². The van der Waals surface area contributed by atoms with Gasteiger partial charge in [0.2, 0.25) is 5.91 Å². The number of fused-ring (bicyclic) bond motifs is 6. The molecule has 0 aromatic heterocycles. The molecule has 3 unspecified atom stereocenters. The van der Waals surface area contributed by atoms with Crippen molar-refractivity contribution in [2.75, 3.05) is 35.4 Å². The maximum Gasteiger partial charge on any atom is 0.335 e. The first-order chi connectivity index (χ1) is 39.3. The summed E-state index contributed by atoms with van der Waals surface area (Å²) in [6.07, 6.45) is 1.20. The number of benzene rings is 6. The predicted molar refractivity (Wildman–Crippen MR) is 307 cm³/mol. The van der Waals surface area contributed by atoms with Gasteiger partial charge in [0, 0.05) is 84.1 Å². The Labute approximate surface area is 477 Å². The largest absolute Gasteiger partial charge is 0.508 e. The zero-order valence-corrected chi connectivity index (χ0v) is 45.4.